The van der Waals surface area contributed by atoms with Crippen molar-refractivity contribution in [1.82, 2.24) is 14.3 Å². The summed E-state index contributed by atoms with van der Waals surface area (Å²) in [6.07, 6.45) is 5.03. The van der Waals surface area contributed by atoms with Crippen molar-refractivity contribution in [3.63, 3.8) is 0 Å². The lowest BCUT2D eigenvalue weighted by Crippen LogP contribution is -2.40. The predicted molar refractivity (Wildman–Crippen MR) is 143 cm³/mol. The molecular formula is C25H36N6O6S. The van der Waals surface area contributed by atoms with Gasteiger partial charge in [-0.25, -0.2) is 13.4 Å². The highest BCUT2D eigenvalue weighted by Crippen LogP contribution is 2.26. The molecule has 38 heavy (non-hydrogen) atoms. The molecule has 4 rings (SSSR count). The third-order valence-electron chi connectivity index (χ3n) is 6.75. The maximum atomic E-state index is 13.2. The minimum absolute atomic E-state index is 0.0403. The minimum Gasteiger partial charge on any atom is -0.396 e. The van der Waals surface area contributed by atoms with Gasteiger partial charge in [0.05, 0.1) is 24.2 Å². The van der Waals surface area contributed by atoms with Crippen molar-refractivity contribution in [3.05, 3.63) is 36.0 Å². The summed E-state index contributed by atoms with van der Waals surface area (Å²) in [6.45, 7) is 2.48. The Kier molecular flexibility index (Phi) is 9.86. The van der Waals surface area contributed by atoms with Gasteiger partial charge in [0.25, 0.3) is 5.91 Å². The zero-order valence-corrected chi connectivity index (χ0v) is 22.1. The number of ether oxygens (including phenoxy) is 1. The molecule has 1 aliphatic heterocycles. The smallest absolute Gasteiger partial charge is 0.260 e. The zero-order chi connectivity index (χ0) is 27.0. The summed E-state index contributed by atoms with van der Waals surface area (Å²) in [5.41, 5.74) is 0.687. The van der Waals surface area contributed by atoms with E-state index in [1.165, 1.54) is 22.6 Å². The Labute approximate surface area is 222 Å². The molecule has 0 radical (unpaired) electrons. The number of aliphatic hydroxyl groups excluding tert-OH is 2. The van der Waals surface area contributed by atoms with Crippen LogP contribution in [-0.4, -0.2) is 90.9 Å². The summed E-state index contributed by atoms with van der Waals surface area (Å²) in [5.74, 6) is 0.643. The second-order valence-corrected chi connectivity index (χ2v) is 11.4. The van der Waals surface area contributed by atoms with Gasteiger partial charge in [-0.2, -0.15) is 9.29 Å². The molecular weight excluding hydrogens is 512 g/mol. The Morgan fingerprint density at radius 1 is 1.08 bits per heavy atom. The van der Waals surface area contributed by atoms with Crippen LogP contribution in [0.1, 0.15) is 42.5 Å². The van der Waals surface area contributed by atoms with E-state index >= 15 is 0 Å². The third kappa shape index (κ3) is 7.38. The molecule has 0 unspecified atom stereocenters. The van der Waals surface area contributed by atoms with E-state index in [0.717, 1.165) is 25.7 Å². The van der Waals surface area contributed by atoms with Crippen LogP contribution in [0.5, 0.6) is 0 Å². The monoisotopic (exact) mass is 548 g/mol. The summed E-state index contributed by atoms with van der Waals surface area (Å²) >= 11 is 0. The number of anilines is 3. The van der Waals surface area contributed by atoms with Crippen LogP contribution in [0.15, 0.2) is 35.4 Å². The normalized spacial score (nSPS) is 20.6. The van der Waals surface area contributed by atoms with Crippen molar-refractivity contribution in [2.24, 2.45) is 5.92 Å². The number of aliphatic hydroxyl groups is 2. The molecule has 1 aliphatic carbocycles. The van der Waals surface area contributed by atoms with Gasteiger partial charge in [0.1, 0.15) is 11.4 Å². The Hall–Kier alpha value is -2.84. The molecule has 1 amide bonds. The second-order valence-electron chi connectivity index (χ2n) is 9.51. The van der Waals surface area contributed by atoms with Crippen LogP contribution in [0, 0.1) is 5.92 Å². The summed E-state index contributed by atoms with van der Waals surface area (Å²) < 4.78 is 32.3. The number of nitrogens with one attached hydrogen (secondary N) is 3. The van der Waals surface area contributed by atoms with Crippen molar-refractivity contribution in [2.75, 3.05) is 62.0 Å². The fourth-order valence-corrected chi connectivity index (χ4v) is 5.89. The molecule has 2 aromatic rings. The Balaban J connectivity index is 1.45. The quantitative estimate of drug-likeness (QED) is 0.260. The van der Waals surface area contributed by atoms with Gasteiger partial charge in [-0.3, -0.25) is 4.79 Å². The lowest BCUT2D eigenvalue weighted by atomic mass is 9.87. The zero-order valence-electron chi connectivity index (χ0n) is 21.3. The average molecular weight is 549 g/mol. The number of carbonyl (C=O) groups is 1. The number of rotatable bonds is 11. The molecule has 0 atom stereocenters. The molecule has 5 N–H and O–H groups in total. The van der Waals surface area contributed by atoms with Gasteiger partial charge in [0.15, 0.2) is 0 Å². The highest BCUT2D eigenvalue weighted by Gasteiger charge is 2.26. The van der Waals surface area contributed by atoms with Crippen LogP contribution < -0.4 is 16.0 Å². The molecule has 2 heterocycles. The number of aromatic nitrogens is 2. The van der Waals surface area contributed by atoms with Crippen LogP contribution in [0.4, 0.5) is 17.5 Å². The standard InChI is InChI=1S/C25H36N6O6S/c32-13-1-10-26-25-28-17-22(23(30-25)27-16-18-2-6-20(33)7-3-18)24(34)29-19-4-8-21(9-5-19)38(35,36)31-11-14-37-15-12-31/h4-5,8-9,17-18,20,32-33H,1-3,6-7,10-16H2,(H,29,34)(H2,26,27,28,30). The molecule has 13 heteroatoms. The van der Waals surface area contributed by atoms with E-state index in [1.807, 2.05) is 0 Å². The van der Waals surface area contributed by atoms with Gasteiger partial charge >= 0.3 is 0 Å². The third-order valence-corrected chi connectivity index (χ3v) is 8.66. The molecule has 2 aliphatic rings. The predicted octanol–water partition coefficient (Wildman–Crippen LogP) is 1.51. The van der Waals surface area contributed by atoms with Gasteiger partial charge in [-0.15, -0.1) is 0 Å². The summed E-state index contributed by atoms with van der Waals surface area (Å²) in [7, 11) is -3.63. The van der Waals surface area contributed by atoms with E-state index in [1.54, 1.807) is 12.1 Å². The van der Waals surface area contributed by atoms with E-state index in [0.29, 0.717) is 69.2 Å². The molecule has 0 spiro atoms. The number of hydrogen-bond acceptors (Lipinski definition) is 10. The summed E-state index contributed by atoms with van der Waals surface area (Å²) in [5, 5.41) is 27.9. The molecule has 1 saturated carbocycles. The largest absolute Gasteiger partial charge is 0.396 e. The first-order valence-electron chi connectivity index (χ1n) is 13.0. The fraction of sp³-hybridized carbons (Fsp3) is 0.560. The molecule has 1 saturated heterocycles. The number of nitrogens with zero attached hydrogens (tertiary/aromatic N) is 3. The lowest BCUT2D eigenvalue weighted by Gasteiger charge is -2.26. The Morgan fingerprint density at radius 3 is 2.47 bits per heavy atom. The number of amides is 1. The van der Waals surface area contributed by atoms with Gasteiger partial charge in [0, 0.05) is 44.7 Å². The fourth-order valence-electron chi connectivity index (χ4n) is 4.48. The molecule has 12 nitrogen and oxygen atoms in total. The van der Waals surface area contributed by atoms with Crippen LogP contribution >= 0.6 is 0 Å². The van der Waals surface area contributed by atoms with Gasteiger partial charge in [0.2, 0.25) is 16.0 Å². The number of benzene rings is 1. The molecule has 208 valence electrons. The van der Waals surface area contributed by atoms with E-state index < -0.39 is 15.9 Å². The van der Waals surface area contributed by atoms with Crippen LogP contribution in [-0.2, 0) is 14.8 Å². The molecule has 0 bridgehead atoms. The van der Waals surface area contributed by atoms with Crippen molar-refractivity contribution in [2.45, 2.75) is 43.1 Å². The van der Waals surface area contributed by atoms with Crippen molar-refractivity contribution in [1.29, 1.82) is 0 Å². The van der Waals surface area contributed by atoms with Crippen LogP contribution in [0.2, 0.25) is 0 Å². The second kappa shape index (κ2) is 13.3. The number of sulfonamides is 1. The van der Waals surface area contributed by atoms with Crippen molar-refractivity contribution < 1.29 is 28.2 Å². The first-order chi connectivity index (χ1) is 18.4. The van der Waals surface area contributed by atoms with Gasteiger partial charge < -0.3 is 30.9 Å². The van der Waals surface area contributed by atoms with Crippen LogP contribution in [0.25, 0.3) is 0 Å². The van der Waals surface area contributed by atoms with E-state index in [9.17, 15) is 18.3 Å². The van der Waals surface area contributed by atoms with Crippen molar-refractivity contribution in [3.8, 4) is 0 Å². The first kappa shape index (κ1) is 28.2. The summed E-state index contributed by atoms with van der Waals surface area (Å²) in [4.78, 5) is 22.1. The molecule has 2 fully saturated rings. The highest BCUT2D eigenvalue weighted by molar-refractivity contribution is 7.89. The SMILES string of the molecule is O=C(Nc1ccc(S(=O)(=O)N2CCOCC2)cc1)c1cnc(NCCCO)nc1NCC1CCC(O)CC1. The molecule has 1 aromatic heterocycles. The van der Waals surface area contributed by atoms with Gasteiger partial charge in [-0.05, 0) is 62.3 Å². The molecule has 1 aromatic carbocycles. The van der Waals surface area contributed by atoms with Crippen LogP contribution in [0.3, 0.4) is 0 Å². The maximum Gasteiger partial charge on any atom is 0.260 e. The highest BCUT2D eigenvalue weighted by atomic mass is 32.2. The van der Waals surface area contributed by atoms with Gasteiger partial charge in [-0.1, -0.05) is 0 Å². The van der Waals surface area contributed by atoms with E-state index in [4.69, 9.17) is 9.84 Å². The lowest BCUT2D eigenvalue weighted by molar-refractivity contribution is 0.0730. The summed E-state index contributed by atoms with van der Waals surface area (Å²) in [6, 6.07) is 6.05. The number of carbonyl (C=O) groups excluding carboxylic acids is 1. The topological polar surface area (TPSA) is 166 Å². The van der Waals surface area contributed by atoms with E-state index in [-0.39, 0.29) is 23.2 Å². The number of morpholine rings is 1. The minimum atomic E-state index is -3.63. The maximum absolute atomic E-state index is 13.2. The Bertz CT molecular complexity index is 1170. The Morgan fingerprint density at radius 2 is 1.79 bits per heavy atom. The first-order valence-corrected chi connectivity index (χ1v) is 14.4. The van der Waals surface area contributed by atoms with E-state index in [2.05, 4.69) is 25.9 Å². The van der Waals surface area contributed by atoms with Crippen molar-refractivity contribution >= 4 is 33.4 Å². The number of hydrogen-bond donors (Lipinski definition) is 5. The average Bonchev–Trinajstić information content (AvgIpc) is 2.94.